The maximum Gasteiger partial charge on any atom is 0.506 e. The van der Waals surface area contributed by atoms with E-state index in [1.54, 1.807) is 0 Å². The third kappa shape index (κ3) is 3.75. The van der Waals surface area contributed by atoms with E-state index in [-0.39, 0.29) is 12.1 Å². The minimum atomic E-state index is -2.71. The summed E-state index contributed by atoms with van der Waals surface area (Å²) in [5.41, 5.74) is -0.124. The molecule has 15 heavy (non-hydrogen) atoms. The van der Waals surface area contributed by atoms with E-state index in [2.05, 4.69) is 6.58 Å². The molecule has 0 saturated heterocycles. The van der Waals surface area contributed by atoms with Crippen LogP contribution in [0.1, 0.15) is 6.92 Å². The average Bonchev–Trinajstić information content (AvgIpc) is 2.28. The van der Waals surface area contributed by atoms with E-state index in [1.165, 1.54) is 21.3 Å². The van der Waals surface area contributed by atoms with Gasteiger partial charge in [-0.05, 0) is 0 Å². The molecule has 0 heterocycles. The highest BCUT2D eigenvalue weighted by molar-refractivity contribution is 6.62. The topological polar surface area (TPSA) is 54.0 Å². The normalized spacial score (nSPS) is 13.3. The van der Waals surface area contributed by atoms with Crippen LogP contribution >= 0.6 is 0 Å². The summed E-state index contributed by atoms with van der Waals surface area (Å²) in [5, 5.41) is 0. The standard InChI is InChI=1S/C9H18O5Si/c1-6-9(10)14-7-8(2)15(11-3,12-4)13-5/h6,8H,1,7H2,2-5H3. The van der Waals surface area contributed by atoms with Gasteiger partial charge in [0.1, 0.15) is 0 Å². The molecule has 0 bridgehead atoms. The molecule has 88 valence electrons. The molecule has 0 saturated carbocycles. The zero-order valence-corrected chi connectivity index (χ0v) is 10.6. The molecule has 0 radical (unpaired) electrons. The Kier molecular flexibility index (Phi) is 6.42. The molecular formula is C9H18O5Si. The molecule has 0 amide bonds. The van der Waals surface area contributed by atoms with Crippen molar-refractivity contribution in [3.63, 3.8) is 0 Å². The van der Waals surface area contributed by atoms with Crippen LogP contribution in [0.5, 0.6) is 0 Å². The van der Waals surface area contributed by atoms with Crippen molar-refractivity contribution < 1.29 is 22.8 Å². The van der Waals surface area contributed by atoms with Crippen LogP contribution in [0.3, 0.4) is 0 Å². The van der Waals surface area contributed by atoms with E-state index in [4.69, 9.17) is 18.0 Å². The first-order valence-corrected chi connectivity index (χ1v) is 6.31. The van der Waals surface area contributed by atoms with E-state index in [0.29, 0.717) is 0 Å². The highest BCUT2D eigenvalue weighted by Gasteiger charge is 2.45. The molecular weight excluding hydrogens is 216 g/mol. The van der Waals surface area contributed by atoms with Crippen LogP contribution in [0.15, 0.2) is 12.7 Å². The predicted octanol–water partition coefficient (Wildman–Crippen LogP) is 0.984. The Morgan fingerprint density at radius 1 is 1.33 bits per heavy atom. The van der Waals surface area contributed by atoms with Crippen LogP contribution in [0.2, 0.25) is 5.54 Å². The molecule has 6 heteroatoms. The number of hydrogen-bond donors (Lipinski definition) is 0. The lowest BCUT2D eigenvalue weighted by Crippen LogP contribution is -2.48. The summed E-state index contributed by atoms with van der Waals surface area (Å²) >= 11 is 0. The summed E-state index contributed by atoms with van der Waals surface area (Å²) in [5.74, 6) is -0.465. The molecule has 0 aromatic heterocycles. The van der Waals surface area contributed by atoms with Gasteiger partial charge < -0.3 is 18.0 Å². The summed E-state index contributed by atoms with van der Waals surface area (Å²) in [4.78, 5) is 10.9. The second-order valence-electron chi connectivity index (χ2n) is 2.95. The zero-order valence-electron chi connectivity index (χ0n) is 9.61. The van der Waals surface area contributed by atoms with Crippen LogP contribution in [0.25, 0.3) is 0 Å². The Morgan fingerprint density at radius 3 is 2.13 bits per heavy atom. The van der Waals surface area contributed by atoms with E-state index in [0.717, 1.165) is 6.08 Å². The van der Waals surface area contributed by atoms with Gasteiger partial charge in [0.05, 0.1) is 12.1 Å². The Labute approximate surface area is 91.3 Å². The maximum atomic E-state index is 10.9. The zero-order chi connectivity index (χ0) is 11.9. The Bertz CT molecular complexity index is 206. The lowest BCUT2D eigenvalue weighted by molar-refractivity contribution is -0.138. The first-order chi connectivity index (χ1) is 7.06. The smallest absolute Gasteiger partial charge is 0.462 e. The van der Waals surface area contributed by atoms with E-state index >= 15 is 0 Å². The van der Waals surface area contributed by atoms with E-state index in [9.17, 15) is 4.79 Å². The molecule has 0 fully saturated rings. The van der Waals surface area contributed by atoms with Gasteiger partial charge in [-0.2, -0.15) is 0 Å². The van der Waals surface area contributed by atoms with E-state index in [1.807, 2.05) is 6.92 Å². The van der Waals surface area contributed by atoms with Crippen LogP contribution in [-0.2, 0) is 22.8 Å². The third-order valence-corrected chi connectivity index (χ3v) is 5.18. The monoisotopic (exact) mass is 234 g/mol. The Balaban J connectivity index is 4.32. The number of rotatable bonds is 7. The summed E-state index contributed by atoms with van der Waals surface area (Å²) in [6.07, 6.45) is 1.11. The predicted molar refractivity (Wildman–Crippen MR) is 57.4 cm³/mol. The lowest BCUT2D eigenvalue weighted by Gasteiger charge is -2.29. The third-order valence-electron chi connectivity index (χ3n) is 2.10. The second-order valence-corrected chi connectivity index (χ2v) is 6.37. The first-order valence-electron chi connectivity index (χ1n) is 4.51. The molecule has 0 aliphatic rings. The molecule has 0 rings (SSSR count). The van der Waals surface area contributed by atoms with Crippen LogP contribution in [0.4, 0.5) is 0 Å². The van der Waals surface area contributed by atoms with Gasteiger partial charge in [-0.1, -0.05) is 13.5 Å². The number of carbonyl (C=O) groups is 1. The van der Waals surface area contributed by atoms with Crippen molar-refractivity contribution in [2.24, 2.45) is 0 Å². The first kappa shape index (κ1) is 14.3. The van der Waals surface area contributed by atoms with E-state index < -0.39 is 14.8 Å². The van der Waals surface area contributed by atoms with Crippen molar-refractivity contribution in [2.45, 2.75) is 12.5 Å². The quantitative estimate of drug-likeness (QED) is 0.373. The maximum absolute atomic E-state index is 10.9. The van der Waals surface area contributed by atoms with Crippen molar-refractivity contribution >= 4 is 14.8 Å². The molecule has 5 nitrogen and oxygen atoms in total. The summed E-state index contributed by atoms with van der Waals surface area (Å²) < 4.78 is 20.6. The van der Waals surface area contributed by atoms with Crippen molar-refractivity contribution in [1.82, 2.24) is 0 Å². The van der Waals surface area contributed by atoms with Crippen LogP contribution in [-0.4, -0.2) is 42.7 Å². The Hall–Kier alpha value is -0.693. The fourth-order valence-electron chi connectivity index (χ4n) is 1.22. The number of carbonyl (C=O) groups excluding carboxylic acids is 1. The average molecular weight is 234 g/mol. The van der Waals surface area contributed by atoms with Crippen LogP contribution in [0, 0.1) is 0 Å². The molecule has 0 aromatic carbocycles. The summed E-state index contributed by atoms with van der Waals surface area (Å²) in [6, 6.07) is 0. The van der Waals surface area contributed by atoms with Gasteiger partial charge >= 0.3 is 14.8 Å². The molecule has 0 aromatic rings. The van der Waals surface area contributed by atoms with Crippen molar-refractivity contribution in [3.05, 3.63) is 12.7 Å². The van der Waals surface area contributed by atoms with Crippen molar-refractivity contribution in [2.75, 3.05) is 27.9 Å². The largest absolute Gasteiger partial charge is 0.506 e. The summed E-state index contributed by atoms with van der Waals surface area (Å²) in [6.45, 7) is 5.34. The summed E-state index contributed by atoms with van der Waals surface area (Å²) in [7, 11) is 1.84. The highest BCUT2D eigenvalue weighted by atomic mass is 28.4. The van der Waals surface area contributed by atoms with Crippen molar-refractivity contribution in [3.8, 4) is 0 Å². The number of ether oxygens (including phenoxy) is 1. The van der Waals surface area contributed by atoms with Gasteiger partial charge in [0, 0.05) is 27.4 Å². The minimum Gasteiger partial charge on any atom is -0.462 e. The van der Waals surface area contributed by atoms with Crippen molar-refractivity contribution in [1.29, 1.82) is 0 Å². The number of hydrogen-bond acceptors (Lipinski definition) is 5. The van der Waals surface area contributed by atoms with Crippen LogP contribution < -0.4 is 0 Å². The second kappa shape index (κ2) is 6.73. The SMILES string of the molecule is C=CC(=O)OCC(C)[Si](OC)(OC)OC. The van der Waals surface area contributed by atoms with Gasteiger partial charge in [0.15, 0.2) is 0 Å². The highest BCUT2D eigenvalue weighted by Crippen LogP contribution is 2.23. The molecule has 0 aliphatic heterocycles. The number of esters is 1. The molecule has 0 aliphatic carbocycles. The molecule has 0 spiro atoms. The van der Waals surface area contributed by atoms with Gasteiger partial charge in [-0.15, -0.1) is 0 Å². The fraction of sp³-hybridized carbons (Fsp3) is 0.667. The molecule has 1 unspecified atom stereocenters. The lowest BCUT2D eigenvalue weighted by atomic mass is 10.5. The minimum absolute atomic E-state index is 0.124. The Morgan fingerprint density at radius 2 is 1.80 bits per heavy atom. The molecule has 0 N–H and O–H groups in total. The molecule has 1 atom stereocenters. The fourth-order valence-corrected chi connectivity index (χ4v) is 3.22. The van der Waals surface area contributed by atoms with Gasteiger partial charge in [0.2, 0.25) is 0 Å². The van der Waals surface area contributed by atoms with Gasteiger partial charge in [-0.25, -0.2) is 4.79 Å². The van der Waals surface area contributed by atoms with Gasteiger partial charge in [-0.3, -0.25) is 0 Å². The van der Waals surface area contributed by atoms with Gasteiger partial charge in [0.25, 0.3) is 0 Å².